The Balaban J connectivity index is 1.31. The van der Waals surface area contributed by atoms with Crippen LogP contribution < -0.4 is 20.5 Å². The van der Waals surface area contributed by atoms with Gasteiger partial charge >= 0.3 is 0 Å². The van der Waals surface area contributed by atoms with Gasteiger partial charge in [0.1, 0.15) is 5.75 Å². The number of anilines is 3. The largest absolute Gasteiger partial charge is 0.497 e. The summed E-state index contributed by atoms with van der Waals surface area (Å²) < 4.78 is 6.95. The lowest BCUT2D eigenvalue weighted by molar-refractivity contribution is 0.189. The van der Waals surface area contributed by atoms with Gasteiger partial charge in [0.15, 0.2) is 4.96 Å². The predicted molar refractivity (Wildman–Crippen MR) is 158 cm³/mol. The van der Waals surface area contributed by atoms with Gasteiger partial charge in [0.25, 0.3) is 5.56 Å². The fourth-order valence-electron chi connectivity index (χ4n) is 4.92. The van der Waals surface area contributed by atoms with Gasteiger partial charge in [0, 0.05) is 68.1 Å². The molecule has 6 rings (SSSR count). The number of piperazine rings is 1. The van der Waals surface area contributed by atoms with Crippen molar-refractivity contribution in [2.24, 2.45) is 0 Å². The lowest BCUT2D eigenvalue weighted by Crippen LogP contribution is -2.47. The fraction of sp³-hybridized carbons (Fsp3) is 0.241. The van der Waals surface area contributed by atoms with Crippen LogP contribution >= 0.6 is 11.3 Å². The summed E-state index contributed by atoms with van der Waals surface area (Å²) in [5, 5.41) is 12.6. The molecule has 0 amide bonds. The minimum Gasteiger partial charge on any atom is -0.497 e. The molecular formula is C29H29N7O3S. The Morgan fingerprint density at radius 3 is 2.58 bits per heavy atom. The van der Waals surface area contributed by atoms with Crippen LogP contribution in [0.25, 0.3) is 26.8 Å². The molecule has 4 heterocycles. The Morgan fingerprint density at radius 2 is 1.80 bits per heavy atom. The van der Waals surface area contributed by atoms with Crippen LogP contribution in [0.4, 0.5) is 17.3 Å². The average molecular weight is 556 g/mol. The number of β-amino-alcohol motifs (C(OH)–C–C–N with tert-alkyl or cyclic N) is 1. The smallest absolute Gasteiger partial charge is 0.258 e. The molecule has 10 nitrogen and oxygen atoms in total. The van der Waals surface area contributed by atoms with Crippen LogP contribution in [-0.4, -0.2) is 75.8 Å². The van der Waals surface area contributed by atoms with Crippen molar-refractivity contribution in [2.75, 3.05) is 56.7 Å². The summed E-state index contributed by atoms with van der Waals surface area (Å²) in [5.74, 6) is 1.19. The van der Waals surface area contributed by atoms with Crippen molar-refractivity contribution in [3.05, 3.63) is 83.4 Å². The number of hydrogen-bond acceptors (Lipinski definition) is 10. The zero-order valence-electron chi connectivity index (χ0n) is 22.0. The number of nitrogens with zero attached hydrogens (tertiary/aromatic N) is 6. The van der Waals surface area contributed by atoms with Crippen LogP contribution in [-0.2, 0) is 0 Å². The molecule has 0 aliphatic carbocycles. The van der Waals surface area contributed by atoms with E-state index in [-0.39, 0.29) is 12.2 Å². The molecule has 0 unspecified atom stereocenters. The number of thiazole rings is 1. The Labute approximate surface area is 235 Å². The van der Waals surface area contributed by atoms with Crippen molar-refractivity contribution in [3.63, 3.8) is 0 Å². The highest BCUT2D eigenvalue weighted by molar-refractivity contribution is 7.20. The highest BCUT2D eigenvalue weighted by atomic mass is 32.1. The van der Waals surface area contributed by atoms with E-state index in [1.54, 1.807) is 17.7 Å². The molecule has 11 heteroatoms. The topological polar surface area (TPSA) is 108 Å². The summed E-state index contributed by atoms with van der Waals surface area (Å²) in [6.07, 6.45) is 3.25. The fourth-order valence-corrected chi connectivity index (χ4v) is 6.01. The minimum absolute atomic E-state index is 0.153. The SMILES string of the molecule is COc1ccc(-c2c(-c3ccnc(Nc4cccc(N5CCN(CCO)CC5)c4)n3)sc3nccc(=O)n23)cc1. The zero-order valence-corrected chi connectivity index (χ0v) is 22.8. The van der Waals surface area contributed by atoms with Crippen LogP contribution in [0.2, 0.25) is 0 Å². The first-order chi connectivity index (χ1) is 19.6. The number of aliphatic hydroxyl groups is 1. The summed E-state index contributed by atoms with van der Waals surface area (Å²) in [4.78, 5) is 32.7. The van der Waals surface area contributed by atoms with Gasteiger partial charge in [-0.25, -0.2) is 15.0 Å². The van der Waals surface area contributed by atoms with Gasteiger partial charge in [-0.05, 0) is 48.5 Å². The van der Waals surface area contributed by atoms with E-state index >= 15 is 0 Å². The molecule has 0 saturated carbocycles. The first-order valence-corrected chi connectivity index (χ1v) is 13.9. The third-order valence-electron chi connectivity index (χ3n) is 6.95. The van der Waals surface area contributed by atoms with Crippen LogP contribution in [0.15, 0.2) is 77.9 Å². The maximum absolute atomic E-state index is 12.9. The molecule has 1 saturated heterocycles. The normalized spacial score (nSPS) is 14.0. The van der Waals surface area contributed by atoms with E-state index in [0.29, 0.717) is 23.1 Å². The lowest BCUT2D eigenvalue weighted by atomic mass is 10.1. The monoisotopic (exact) mass is 555 g/mol. The van der Waals surface area contributed by atoms with Crippen LogP contribution in [0.5, 0.6) is 5.75 Å². The Hall–Kier alpha value is -4.32. The number of benzene rings is 2. The van der Waals surface area contributed by atoms with Crippen molar-refractivity contribution in [1.29, 1.82) is 0 Å². The number of nitrogens with one attached hydrogen (secondary N) is 1. The quantitative estimate of drug-likeness (QED) is 0.296. The van der Waals surface area contributed by atoms with E-state index in [1.807, 2.05) is 42.5 Å². The van der Waals surface area contributed by atoms with Crippen molar-refractivity contribution in [3.8, 4) is 27.6 Å². The second-order valence-electron chi connectivity index (χ2n) is 9.40. The van der Waals surface area contributed by atoms with Crippen molar-refractivity contribution >= 4 is 33.6 Å². The molecule has 2 N–H and O–H groups in total. The van der Waals surface area contributed by atoms with Gasteiger partial charge in [-0.3, -0.25) is 14.1 Å². The van der Waals surface area contributed by atoms with E-state index in [0.717, 1.165) is 59.4 Å². The van der Waals surface area contributed by atoms with E-state index in [4.69, 9.17) is 9.72 Å². The summed E-state index contributed by atoms with van der Waals surface area (Å²) in [5.41, 5.74) is 4.14. The number of ether oxygens (including phenoxy) is 1. The lowest BCUT2D eigenvalue weighted by Gasteiger charge is -2.35. The summed E-state index contributed by atoms with van der Waals surface area (Å²) in [7, 11) is 1.62. The summed E-state index contributed by atoms with van der Waals surface area (Å²) >= 11 is 1.41. The highest BCUT2D eigenvalue weighted by Gasteiger charge is 2.20. The molecular weight excluding hydrogens is 526 g/mol. The highest BCUT2D eigenvalue weighted by Crippen LogP contribution is 2.38. The molecule has 1 aliphatic heterocycles. The molecule has 2 aromatic carbocycles. The first kappa shape index (κ1) is 25.9. The number of aromatic nitrogens is 4. The van der Waals surface area contributed by atoms with Crippen molar-refractivity contribution < 1.29 is 9.84 Å². The number of rotatable bonds is 8. The van der Waals surface area contributed by atoms with Gasteiger partial charge < -0.3 is 20.1 Å². The van der Waals surface area contributed by atoms with Gasteiger partial charge in [-0.15, -0.1) is 0 Å². The maximum Gasteiger partial charge on any atom is 0.258 e. The summed E-state index contributed by atoms with van der Waals surface area (Å²) in [6, 6.07) is 19.1. The molecule has 1 fully saturated rings. The van der Waals surface area contributed by atoms with Crippen LogP contribution in [0.3, 0.4) is 0 Å². The Kier molecular flexibility index (Phi) is 7.41. The molecule has 0 atom stereocenters. The molecule has 1 aliphatic rings. The molecule has 5 aromatic rings. The van der Waals surface area contributed by atoms with E-state index in [9.17, 15) is 9.90 Å². The number of aliphatic hydroxyl groups excluding tert-OH is 1. The maximum atomic E-state index is 12.9. The van der Waals surface area contributed by atoms with Gasteiger partial charge in [0.2, 0.25) is 5.95 Å². The minimum atomic E-state index is -0.153. The summed E-state index contributed by atoms with van der Waals surface area (Å²) in [6.45, 7) is 4.56. The first-order valence-electron chi connectivity index (χ1n) is 13.1. The number of fused-ring (bicyclic) bond motifs is 1. The van der Waals surface area contributed by atoms with Gasteiger partial charge in [0.05, 0.1) is 30.0 Å². The van der Waals surface area contributed by atoms with Crippen molar-refractivity contribution in [2.45, 2.75) is 0 Å². The van der Waals surface area contributed by atoms with Gasteiger partial charge in [-0.2, -0.15) is 0 Å². The Morgan fingerprint density at radius 1 is 1.00 bits per heavy atom. The molecule has 0 spiro atoms. The number of hydrogen-bond donors (Lipinski definition) is 2. The zero-order chi connectivity index (χ0) is 27.5. The molecule has 0 radical (unpaired) electrons. The standard InChI is InChI=1S/C29H29N7O3S/c1-39-23-7-5-20(6-8-23)26-27(40-29-31-12-10-25(38)36(26)29)24-9-11-30-28(33-24)32-21-3-2-4-22(19-21)35-15-13-34(14-16-35)17-18-37/h2-12,19,37H,13-18H2,1H3,(H,30,32,33). The molecule has 3 aromatic heterocycles. The second-order valence-corrected chi connectivity index (χ2v) is 10.4. The molecule has 0 bridgehead atoms. The van der Waals surface area contributed by atoms with E-state index in [1.165, 1.54) is 23.6 Å². The molecule has 40 heavy (non-hydrogen) atoms. The predicted octanol–water partition coefficient (Wildman–Crippen LogP) is 3.75. The van der Waals surface area contributed by atoms with Crippen LogP contribution in [0, 0.1) is 0 Å². The van der Waals surface area contributed by atoms with Gasteiger partial charge in [-0.1, -0.05) is 17.4 Å². The van der Waals surface area contributed by atoms with Crippen LogP contribution in [0.1, 0.15) is 0 Å². The third-order valence-corrected chi connectivity index (χ3v) is 8.03. The average Bonchev–Trinajstić information content (AvgIpc) is 3.39. The Bertz CT molecular complexity index is 1680. The van der Waals surface area contributed by atoms with Crippen molar-refractivity contribution in [1.82, 2.24) is 24.3 Å². The third kappa shape index (κ3) is 5.26. The number of methoxy groups -OCH3 is 1. The second kappa shape index (κ2) is 11.4. The van der Waals surface area contributed by atoms with E-state index < -0.39 is 0 Å². The molecule has 204 valence electrons. The van der Waals surface area contributed by atoms with E-state index in [2.05, 4.69) is 37.2 Å².